The summed E-state index contributed by atoms with van der Waals surface area (Å²) in [5, 5.41) is 27.0. The highest BCUT2D eigenvalue weighted by molar-refractivity contribution is 7.98. The fourth-order valence-electron chi connectivity index (χ4n) is 4.07. The van der Waals surface area contributed by atoms with E-state index in [0.717, 1.165) is 10.9 Å². The molecule has 0 spiro atoms. The Labute approximate surface area is 236 Å². The number of hydrogen-bond donors (Lipinski definition) is 8. The minimum Gasteiger partial charge on any atom is -0.481 e. The molecule has 40 heavy (non-hydrogen) atoms. The number of carboxylic acids is 2. The Morgan fingerprint density at radius 1 is 0.925 bits per heavy atom. The van der Waals surface area contributed by atoms with Crippen molar-refractivity contribution in [1.82, 2.24) is 20.9 Å². The summed E-state index contributed by atoms with van der Waals surface area (Å²) in [6.45, 7) is 0.451. The van der Waals surface area contributed by atoms with Crippen LogP contribution in [0, 0.1) is 0 Å². The Balaban J connectivity index is 2.27. The maximum absolute atomic E-state index is 13.4. The number of unbranched alkanes of at least 4 members (excludes halogenated alkanes) is 1. The van der Waals surface area contributed by atoms with Crippen molar-refractivity contribution in [2.45, 2.75) is 62.7 Å². The predicted molar refractivity (Wildman–Crippen MR) is 152 cm³/mol. The van der Waals surface area contributed by atoms with E-state index in [1.807, 2.05) is 24.3 Å². The summed E-state index contributed by atoms with van der Waals surface area (Å²) < 4.78 is 0. The van der Waals surface area contributed by atoms with Crippen LogP contribution in [0.1, 0.15) is 37.7 Å². The van der Waals surface area contributed by atoms with Gasteiger partial charge in [-0.05, 0) is 49.4 Å². The molecule has 0 saturated carbocycles. The number of H-pyrrole nitrogens is 1. The van der Waals surface area contributed by atoms with Gasteiger partial charge in [0, 0.05) is 23.5 Å². The number of aromatic nitrogens is 1. The Morgan fingerprint density at radius 3 is 2.23 bits per heavy atom. The van der Waals surface area contributed by atoms with Crippen molar-refractivity contribution in [2.75, 3.05) is 18.6 Å². The highest BCUT2D eigenvalue weighted by Gasteiger charge is 2.32. The molecule has 1 aromatic heterocycles. The number of para-hydroxylation sites is 1. The van der Waals surface area contributed by atoms with Crippen molar-refractivity contribution < 1.29 is 34.2 Å². The monoisotopic (exact) mass is 578 g/mol. The summed E-state index contributed by atoms with van der Waals surface area (Å²) in [4.78, 5) is 65.4. The third-order valence-corrected chi connectivity index (χ3v) is 6.92. The lowest BCUT2D eigenvalue weighted by Crippen LogP contribution is -2.58. The van der Waals surface area contributed by atoms with Crippen LogP contribution in [-0.2, 0) is 30.4 Å². The number of carbonyl (C=O) groups excluding carboxylic acids is 3. The number of hydrogen-bond acceptors (Lipinski definition) is 8. The minimum absolute atomic E-state index is 0.0178. The number of carbonyl (C=O) groups is 5. The summed E-state index contributed by atoms with van der Waals surface area (Å²) in [6.07, 6.45) is 4.46. The molecule has 4 unspecified atom stereocenters. The maximum Gasteiger partial charge on any atom is 0.326 e. The minimum atomic E-state index is -1.58. The smallest absolute Gasteiger partial charge is 0.326 e. The van der Waals surface area contributed by atoms with Crippen LogP contribution in [0.2, 0.25) is 0 Å². The van der Waals surface area contributed by atoms with Crippen LogP contribution in [0.3, 0.4) is 0 Å². The van der Waals surface area contributed by atoms with Crippen molar-refractivity contribution in [3.05, 3.63) is 36.0 Å². The fourth-order valence-corrected chi connectivity index (χ4v) is 4.54. The number of fused-ring (bicyclic) bond motifs is 1. The molecular formula is C26H38N6O7S. The molecular weight excluding hydrogens is 540 g/mol. The second-order valence-corrected chi connectivity index (χ2v) is 10.3. The van der Waals surface area contributed by atoms with Crippen LogP contribution in [-0.4, -0.2) is 87.6 Å². The van der Waals surface area contributed by atoms with E-state index in [4.69, 9.17) is 11.5 Å². The van der Waals surface area contributed by atoms with E-state index < -0.39 is 60.2 Å². The molecule has 0 radical (unpaired) electrons. The standard InChI is InChI=1S/C26H38N6O7S/c1-40-11-9-19(26(38)39)30-25(37)21(13-22(33)34)32-24(36)20(31-23(35)17(28)7-4-5-10-27)12-15-14-29-18-8-3-2-6-16(15)18/h2-3,6,8,14,17,19-21,29H,4-5,7,9-13,27-28H2,1H3,(H,30,37)(H,31,35)(H,32,36)(H,33,34)(H,38,39). The van der Waals surface area contributed by atoms with Crippen LogP contribution in [0.25, 0.3) is 10.9 Å². The third kappa shape index (κ3) is 10.2. The molecule has 0 fully saturated rings. The number of nitrogens with two attached hydrogens (primary N) is 2. The Bertz CT molecular complexity index is 1170. The van der Waals surface area contributed by atoms with Crippen LogP contribution in [0.4, 0.5) is 0 Å². The number of rotatable bonds is 18. The summed E-state index contributed by atoms with van der Waals surface area (Å²) in [5.74, 6) is -4.58. The summed E-state index contributed by atoms with van der Waals surface area (Å²) in [7, 11) is 0. The van der Waals surface area contributed by atoms with E-state index in [9.17, 15) is 34.2 Å². The van der Waals surface area contributed by atoms with Crippen LogP contribution < -0.4 is 27.4 Å². The van der Waals surface area contributed by atoms with Crippen LogP contribution in [0.15, 0.2) is 30.5 Å². The van der Waals surface area contributed by atoms with Gasteiger partial charge in [-0.1, -0.05) is 24.6 Å². The first-order chi connectivity index (χ1) is 19.1. The van der Waals surface area contributed by atoms with Gasteiger partial charge in [0.1, 0.15) is 18.1 Å². The molecule has 4 atom stereocenters. The zero-order valence-corrected chi connectivity index (χ0v) is 23.2. The number of aromatic amines is 1. The lowest BCUT2D eigenvalue weighted by molar-refractivity contribution is -0.143. The van der Waals surface area contributed by atoms with E-state index in [0.29, 0.717) is 37.1 Å². The molecule has 0 aliphatic heterocycles. The van der Waals surface area contributed by atoms with Gasteiger partial charge >= 0.3 is 11.9 Å². The molecule has 0 aliphatic rings. The summed E-state index contributed by atoms with van der Waals surface area (Å²) >= 11 is 1.39. The number of benzene rings is 1. The average Bonchev–Trinajstić information content (AvgIpc) is 3.32. The fraction of sp³-hybridized carbons (Fsp3) is 0.500. The number of nitrogens with one attached hydrogen (secondary N) is 4. The molecule has 2 rings (SSSR count). The lowest BCUT2D eigenvalue weighted by Gasteiger charge is -2.24. The molecule has 10 N–H and O–H groups in total. The normalized spacial score (nSPS) is 14.1. The topological polar surface area (TPSA) is 230 Å². The largest absolute Gasteiger partial charge is 0.481 e. The zero-order chi connectivity index (χ0) is 29.7. The van der Waals surface area contributed by atoms with E-state index in [1.54, 1.807) is 12.5 Å². The molecule has 0 aliphatic carbocycles. The van der Waals surface area contributed by atoms with Crippen molar-refractivity contribution >= 4 is 52.3 Å². The van der Waals surface area contributed by atoms with Gasteiger partial charge in [-0.25, -0.2) is 4.79 Å². The molecule has 220 valence electrons. The molecule has 0 saturated heterocycles. The Morgan fingerprint density at radius 2 is 1.57 bits per heavy atom. The van der Waals surface area contributed by atoms with E-state index in [1.165, 1.54) is 11.8 Å². The molecule has 1 aromatic carbocycles. The number of thioether (sulfide) groups is 1. The van der Waals surface area contributed by atoms with Gasteiger partial charge in [-0.3, -0.25) is 19.2 Å². The number of amides is 3. The Kier molecular flexibility index (Phi) is 13.4. The third-order valence-electron chi connectivity index (χ3n) is 6.27. The number of aliphatic carboxylic acids is 2. The van der Waals surface area contributed by atoms with Crippen molar-refractivity contribution in [2.24, 2.45) is 11.5 Å². The number of carboxylic acid groups (broad SMARTS) is 2. The average molecular weight is 579 g/mol. The van der Waals surface area contributed by atoms with E-state index >= 15 is 0 Å². The SMILES string of the molecule is CSCCC(NC(=O)C(CC(=O)O)NC(=O)C(Cc1c[nH]c2ccccc12)NC(=O)C(N)CCCCN)C(=O)O. The first-order valence-electron chi connectivity index (χ1n) is 12.9. The molecule has 13 nitrogen and oxygen atoms in total. The predicted octanol–water partition coefficient (Wildman–Crippen LogP) is -0.0665. The van der Waals surface area contributed by atoms with Gasteiger partial charge in [-0.2, -0.15) is 11.8 Å². The second-order valence-electron chi connectivity index (χ2n) is 9.36. The summed E-state index contributed by atoms with van der Waals surface area (Å²) in [6, 6.07) is 2.40. The van der Waals surface area contributed by atoms with Gasteiger partial charge < -0.3 is 42.6 Å². The summed E-state index contributed by atoms with van der Waals surface area (Å²) in [5.41, 5.74) is 13.0. The van der Waals surface area contributed by atoms with Crippen molar-refractivity contribution in [1.29, 1.82) is 0 Å². The van der Waals surface area contributed by atoms with Gasteiger partial charge in [-0.15, -0.1) is 0 Å². The zero-order valence-electron chi connectivity index (χ0n) is 22.4. The quantitative estimate of drug-likeness (QED) is 0.110. The molecule has 1 heterocycles. The first kappa shape index (κ1) is 32.6. The van der Waals surface area contributed by atoms with E-state index in [2.05, 4.69) is 20.9 Å². The molecule has 0 bridgehead atoms. The van der Waals surface area contributed by atoms with Gasteiger partial charge in [0.2, 0.25) is 17.7 Å². The second kappa shape index (κ2) is 16.5. The van der Waals surface area contributed by atoms with Gasteiger partial charge in [0.05, 0.1) is 12.5 Å². The maximum atomic E-state index is 13.4. The van der Waals surface area contributed by atoms with Crippen LogP contribution >= 0.6 is 11.8 Å². The lowest BCUT2D eigenvalue weighted by atomic mass is 10.0. The van der Waals surface area contributed by atoms with Crippen molar-refractivity contribution in [3.8, 4) is 0 Å². The highest BCUT2D eigenvalue weighted by Crippen LogP contribution is 2.19. The van der Waals surface area contributed by atoms with Crippen molar-refractivity contribution in [3.63, 3.8) is 0 Å². The Hall–Kier alpha value is -3.62. The van der Waals surface area contributed by atoms with Gasteiger partial charge in [0.25, 0.3) is 0 Å². The molecule has 3 amide bonds. The van der Waals surface area contributed by atoms with E-state index in [-0.39, 0.29) is 12.8 Å². The molecule has 14 heteroatoms. The molecule has 2 aromatic rings. The van der Waals surface area contributed by atoms with Gasteiger partial charge in [0.15, 0.2) is 0 Å². The van der Waals surface area contributed by atoms with Crippen LogP contribution in [0.5, 0.6) is 0 Å². The first-order valence-corrected chi connectivity index (χ1v) is 14.3. The highest BCUT2D eigenvalue weighted by atomic mass is 32.2.